The Morgan fingerprint density at radius 3 is 2.70 bits per heavy atom. The first-order chi connectivity index (χ1) is 13.2. The average Bonchev–Trinajstić information content (AvgIpc) is 3.43. The first-order valence-electron chi connectivity index (χ1n) is 9.49. The smallest absolute Gasteiger partial charge is 0.257 e. The van der Waals surface area contributed by atoms with Gasteiger partial charge in [0.2, 0.25) is 0 Å². The van der Waals surface area contributed by atoms with Crippen molar-refractivity contribution in [2.75, 3.05) is 26.2 Å². The molecule has 2 aliphatic rings. The number of rotatable bonds is 4. The molecular weight excluding hydrogens is 361 g/mol. The fraction of sp³-hybridized carbons (Fsp3) is 0.429. The summed E-state index contributed by atoms with van der Waals surface area (Å²) in [7, 11) is 0. The second-order valence-corrected chi connectivity index (χ2v) is 8.36. The van der Waals surface area contributed by atoms with Gasteiger partial charge in [-0.05, 0) is 68.6 Å². The van der Waals surface area contributed by atoms with E-state index in [0.29, 0.717) is 17.0 Å². The Bertz CT molecular complexity index is 882. The van der Waals surface area contributed by atoms with Gasteiger partial charge >= 0.3 is 0 Å². The highest BCUT2D eigenvalue weighted by molar-refractivity contribution is 7.16. The van der Waals surface area contributed by atoms with Crippen molar-refractivity contribution in [2.24, 2.45) is 0 Å². The Morgan fingerprint density at radius 2 is 2.00 bits per heavy atom. The van der Waals surface area contributed by atoms with Crippen molar-refractivity contribution >= 4 is 17.2 Å². The number of benzene rings is 1. The van der Waals surface area contributed by atoms with E-state index in [1.54, 1.807) is 18.2 Å². The van der Waals surface area contributed by atoms with E-state index in [1.165, 1.54) is 30.2 Å². The van der Waals surface area contributed by atoms with Crippen LogP contribution in [0.15, 0.2) is 30.3 Å². The predicted molar refractivity (Wildman–Crippen MR) is 104 cm³/mol. The summed E-state index contributed by atoms with van der Waals surface area (Å²) in [6.07, 6.45) is 4.43. The summed E-state index contributed by atoms with van der Waals surface area (Å²) in [5.41, 5.74) is 0.842. The van der Waals surface area contributed by atoms with Crippen molar-refractivity contribution in [1.82, 2.24) is 9.80 Å². The lowest BCUT2D eigenvalue weighted by molar-refractivity contribution is 0.0704. The van der Waals surface area contributed by atoms with E-state index in [1.807, 2.05) is 11.0 Å². The van der Waals surface area contributed by atoms with Crippen molar-refractivity contribution < 1.29 is 9.18 Å². The minimum absolute atomic E-state index is 0.143. The van der Waals surface area contributed by atoms with Crippen LogP contribution in [-0.4, -0.2) is 47.9 Å². The second kappa shape index (κ2) is 7.79. The Morgan fingerprint density at radius 1 is 1.19 bits per heavy atom. The van der Waals surface area contributed by atoms with E-state index < -0.39 is 5.82 Å². The van der Waals surface area contributed by atoms with Gasteiger partial charge in [-0.1, -0.05) is 6.07 Å². The van der Waals surface area contributed by atoms with Crippen molar-refractivity contribution in [3.63, 3.8) is 0 Å². The Balaban J connectivity index is 1.51. The molecule has 2 saturated heterocycles. The fourth-order valence-electron chi connectivity index (χ4n) is 4.11. The summed E-state index contributed by atoms with van der Waals surface area (Å²) in [5.74, 6) is -0.694. The molecule has 2 fully saturated rings. The van der Waals surface area contributed by atoms with Crippen molar-refractivity contribution in [1.29, 1.82) is 5.26 Å². The van der Waals surface area contributed by atoms with Crippen LogP contribution < -0.4 is 0 Å². The summed E-state index contributed by atoms with van der Waals surface area (Å²) in [6.45, 7) is 3.81. The molecule has 1 aromatic carbocycles. The molecule has 0 bridgehead atoms. The topological polar surface area (TPSA) is 47.3 Å². The van der Waals surface area contributed by atoms with E-state index in [2.05, 4.69) is 11.0 Å². The molecule has 0 aliphatic carbocycles. The molecule has 140 valence electrons. The Hall–Kier alpha value is -2.23. The molecule has 0 saturated carbocycles. The van der Waals surface area contributed by atoms with Gasteiger partial charge in [0.1, 0.15) is 16.8 Å². The molecule has 4 rings (SSSR count). The van der Waals surface area contributed by atoms with Crippen LogP contribution in [0.3, 0.4) is 0 Å². The number of carbonyl (C=O) groups excluding carboxylic acids is 1. The Kier molecular flexibility index (Phi) is 5.24. The zero-order valence-electron chi connectivity index (χ0n) is 15.2. The molecule has 0 radical (unpaired) electrons. The Labute approximate surface area is 162 Å². The van der Waals surface area contributed by atoms with Gasteiger partial charge in [-0.2, -0.15) is 5.26 Å². The monoisotopic (exact) mass is 383 g/mol. The van der Waals surface area contributed by atoms with Crippen LogP contribution in [0.25, 0.3) is 10.4 Å². The zero-order chi connectivity index (χ0) is 18.8. The number of nitrogens with zero attached hydrogens (tertiary/aromatic N) is 3. The third-order valence-electron chi connectivity index (χ3n) is 5.51. The highest BCUT2D eigenvalue weighted by Gasteiger charge is 2.32. The zero-order valence-corrected chi connectivity index (χ0v) is 16.0. The summed E-state index contributed by atoms with van der Waals surface area (Å²) in [4.78, 5) is 18.7. The average molecular weight is 383 g/mol. The van der Waals surface area contributed by atoms with Gasteiger partial charge in [0.05, 0.1) is 5.56 Å². The first-order valence-corrected chi connectivity index (χ1v) is 10.3. The van der Waals surface area contributed by atoms with Gasteiger partial charge in [0.25, 0.3) is 5.91 Å². The van der Waals surface area contributed by atoms with Crippen molar-refractivity contribution in [3.05, 3.63) is 46.6 Å². The molecular formula is C21H22FN3OS. The quantitative estimate of drug-likeness (QED) is 0.798. The lowest BCUT2D eigenvalue weighted by Gasteiger charge is -2.28. The van der Waals surface area contributed by atoms with Crippen LogP contribution in [0.2, 0.25) is 0 Å². The first kappa shape index (κ1) is 18.1. The number of halogens is 1. The van der Waals surface area contributed by atoms with Crippen LogP contribution in [0.1, 0.15) is 40.9 Å². The lowest BCUT2D eigenvalue weighted by Crippen LogP contribution is -2.42. The number of amides is 1. The molecule has 2 aliphatic heterocycles. The molecule has 27 heavy (non-hydrogen) atoms. The summed E-state index contributed by atoms with van der Waals surface area (Å²) >= 11 is 1.32. The third-order valence-corrected chi connectivity index (χ3v) is 6.54. The van der Waals surface area contributed by atoms with E-state index in [0.717, 1.165) is 37.4 Å². The lowest BCUT2D eigenvalue weighted by atomic mass is 10.1. The number of hydrogen-bond acceptors (Lipinski definition) is 4. The summed E-state index contributed by atoms with van der Waals surface area (Å²) < 4.78 is 14.7. The molecule has 1 atom stereocenters. The normalized spacial score (nSPS) is 20.1. The number of nitriles is 1. The third kappa shape index (κ3) is 3.76. The van der Waals surface area contributed by atoms with Crippen LogP contribution >= 0.6 is 11.3 Å². The van der Waals surface area contributed by atoms with Crippen molar-refractivity contribution in [2.45, 2.75) is 31.7 Å². The number of thiophene rings is 1. The second-order valence-electron chi connectivity index (χ2n) is 7.27. The standard InChI is InChI=1S/C21H22FN3OS/c22-19-12-15(20-8-6-17(13-23)27-20)5-7-18(19)21(26)25-11-3-4-16(25)14-24-9-1-2-10-24/h5-8,12,16H,1-4,9-11,14H2. The molecule has 1 unspecified atom stereocenters. The largest absolute Gasteiger partial charge is 0.334 e. The minimum atomic E-state index is -0.490. The van der Waals surface area contributed by atoms with Gasteiger partial charge in [0.15, 0.2) is 0 Å². The predicted octanol–water partition coefficient (Wildman–Crippen LogP) is 4.13. The van der Waals surface area contributed by atoms with Crippen LogP contribution in [0.4, 0.5) is 4.39 Å². The molecule has 6 heteroatoms. The van der Waals surface area contributed by atoms with E-state index in [-0.39, 0.29) is 17.5 Å². The van der Waals surface area contributed by atoms with E-state index in [9.17, 15) is 9.18 Å². The molecule has 3 heterocycles. The summed E-state index contributed by atoms with van der Waals surface area (Å²) in [5, 5.41) is 8.95. The number of hydrogen-bond donors (Lipinski definition) is 0. The van der Waals surface area contributed by atoms with Crippen LogP contribution in [0, 0.1) is 17.1 Å². The highest BCUT2D eigenvalue weighted by Crippen LogP contribution is 2.30. The molecule has 0 spiro atoms. The van der Waals surface area contributed by atoms with Gasteiger partial charge in [-0.3, -0.25) is 4.79 Å². The maximum Gasteiger partial charge on any atom is 0.257 e. The van der Waals surface area contributed by atoms with Gasteiger partial charge in [0, 0.05) is 24.0 Å². The minimum Gasteiger partial charge on any atom is -0.334 e. The SMILES string of the molecule is N#Cc1ccc(-c2ccc(C(=O)N3CCCC3CN3CCCC3)c(F)c2)s1. The van der Waals surface area contributed by atoms with E-state index >= 15 is 0 Å². The van der Waals surface area contributed by atoms with Crippen molar-refractivity contribution in [3.8, 4) is 16.5 Å². The van der Waals surface area contributed by atoms with E-state index in [4.69, 9.17) is 5.26 Å². The maximum absolute atomic E-state index is 14.7. The molecule has 0 N–H and O–H groups in total. The molecule has 1 aromatic heterocycles. The van der Waals surface area contributed by atoms with Crippen LogP contribution in [0.5, 0.6) is 0 Å². The van der Waals surface area contributed by atoms with Gasteiger partial charge in [-0.25, -0.2) is 4.39 Å². The van der Waals surface area contributed by atoms with Crippen LogP contribution in [-0.2, 0) is 0 Å². The summed E-state index contributed by atoms with van der Waals surface area (Å²) in [6, 6.07) is 10.6. The maximum atomic E-state index is 14.7. The number of carbonyl (C=O) groups is 1. The van der Waals surface area contributed by atoms with Gasteiger partial charge < -0.3 is 9.80 Å². The molecule has 4 nitrogen and oxygen atoms in total. The highest BCUT2D eigenvalue weighted by atomic mass is 32.1. The fourth-order valence-corrected chi connectivity index (χ4v) is 4.91. The molecule has 1 amide bonds. The number of likely N-dealkylation sites (tertiary alicyclic amines) is 2. The molecule has 2 aromatic rings. The van der Waals surface area contributed by atoms with Gasteiger partial charge in [-0.15, -0.1) is 11.3 Å².